The maximum atomic E-state index is 8.95. The van der Waals surface area contributed by atoms with Crippen LogP contribution < -0.4 is 5.32 Å². The highest BCUT2D eigenvalue weighted by Crippen LogP contribution is 2.17. The van der Waals surface area contributed by atoms with Crippen molar-refractivity contribution in [2.45, 2.75) is 41.2 Å². The first kappa shape index (κ1) is 13.7. The molecule has 1 rings (SSSR count). The Bertz CT molecular complexity index is 416. The lowest BCUT2D eigenvalue weighted by Crippen LogP contribution is -2.28. The smallest absolute Gasteiger partial charge is 0.0697 e. The van der Waals surface area contributed by atoms with Gasteiger partial charge in [0.1, 0.15) is 0 Å². The Kier molecular flexibility index (Phi) is 4.31. The number of nitrogens with zero attached hydrogens (tertiary/aromatic N) is 1. The molecule has 0 spiro atoms. The van der Waals surface area contributed by atoms with Crippen LogP contribution in [0.3, 0.4) is 0 Å². The molecule has 0 saturated heterocycles. The van der Waals surface area contributed by atoms with Crippen LogP contribution in [-0.4, -0.2) is 6.54 Å². The lowest BCUT2D eigenvalue weighted by molar-refractivity contribution is 0.444. The third-order valence-corrected chi connectivity index (χ3v) is 3.01. The van der Waals surface area contributed by atoms with Crippen molar-refractivity contribution < 1.29 is 0 Å². The van der Waals surface area contributed by atoms with E-state index in [9.17, 15) is 0 Å². The number of benzene rings is 1. The maximum Gasteiger partial charge on any atom is 0.0697 e. The SMILES string of the molecule is Cc1cc(C)c(CNCC(C)(C)C#N)c(C)c1. The van der Waals surface area contributed by atoms with E-state index in [2.05, 4.69) is 44.3 Å². The summed E-state index contributed by atoms with van der Waals surface area (Å²) < 4.78 is 0. The predicted molar refractivity (Wildman–Crippen MR) is 71.8 cm³/mol. The van der Waals surface area contributed by atoms with E-state index in [0.717, 1.165) is 13.1 Å². The predicted octanol–water partition coefficient (Wildman–Crippen LogP) is 3.25. The van der Waals surface area contributed by atoms with Gasteiger partial charge in [-0.25, -0.2) is 0 Å². The van der Waals surface area contributed by atoms with Gasteiger partial charge < -0.3 is 5.32 Å². The van der Waals surface area contributed by atoms with E-state index in [1.807, 2.05) is 13.8 Å². The summed E-state index contributed by atoms with van der Waals surface area (Å²) in [6.45, 7) is 11.9. The molecule has 0 unspecified atom stereocenters. The van der Waals surface area contributed by atoms with E-state index in [1.54, 1.807) is 0 Å². The van der Waals surface area contributed by atoms with Gasteiger partial charge >= 0.3 is 0 Å². The highest BCUT2D eigenvalue weighted by Gasteiger charge is 2.15. The van der Waals surface area contributed by atoms with Crippen molar-refractivity contribution in [2.24, 2.45) is 5.41 Å². The molecule has 0 heterocycles. The molecule has 2 nitrogen and oxygen atoms in total. The molecule has 1 aromatic rings. The van der Waals surface area contributed by atoms with Gasteiger partial charge in [0, 0.05) is 13.1 Å². The van der Waals surface area contributed by atoms with Crippen molar-refractivity contribution in [1.29, 1.82) is 5.26 Å². The van der Waals surface area contributed by atoms with Gasteiger partial charge in [0.2, 0.25) is 0 Å². The normalized spacial score (nSPS) is 11.3. The van der Waals surface area contributed by atoms with E-state index in [0.29, 0.717) is 0 Å². The second-order valence-electron chi connectivity index (χ2n) is 5.48. The summed E-state index contributed by atoms with van der Waals surface area (Å²) in [7, 11) is 0. The molecule has 92 valence electrons. The third-order valence-electron chi connectivity index (χ3n) is 3.01. The average Bonchev–Trinajstić information content (AvgIpc) is 2.22. The summed E-state index contributed by atoms with van der Waals surface area (Å²) in [5, 5.41) is 12.3. The average molecular weight is 230 g/mol. The largest absolute Gasteiger partial charge is 0.311 e. The number of hydrogen-bond donors (Lipinski definition) is 1. The van der Waals surface area contributed by atoms with Crippen LogP contribution in [0, 0.1) is 37.5 Å². The molecule has 0 saturated carbocycles. The Labute approximate surface area is 105 Å². The molecule has 17 heavy (non-hydrogen) atoms. The summed E-state index contributed by atoms with van der Waals surface area (Å²) in [6, 6.07) is 6.72. The van der Waals surface area contributed by atoms with Gasteiger partial charge in [-0.2, -0.15) is 5.26 Å². The van der Waals surface area contributed by atoms with Crippen LogP contribution in [0.5, 0.6) is 0 Å². The summed E-state index contributed by atoms with van der Waals surface area (Å²) >= 11 is 0. The first-order chi connectivity index (χ1) is 7.85. The quantitative estimate of drug-likeness (QED) is 0.862. The van der Waals surface area contributed by atoms with Crippen LogP contribution in [0.2, 0.25) is 0 Å². The Morgan fingerprint density at radius 3 is 2.18 bits per heavy atom. The first-order valence-corrected chi connectivity index (χ1v) is 6.04. The van der Waals surface area contributed by atoms with Gasteiger partial charge in [0.25, 0.3) is 0 Å². The van der Waals surface area contributed by atoms with E-state index >= 15 is 0 Å². The molecule has 0 aliphatic rings. The molecule has 0 aliphatic carbocycles. The lowest BCUT2D eigenvalue weighted by atomic mass is 9.95. The van der Waals surface area contributed by atoms with Gasteiger partial charge in [-0.15, -0.1) is 0 Å². The van der Waals surface area contributed by atoms with E-state index in [4.69, 9.17) is 5.26 Å². The number of nitriles is 1. The van der Waals surface area contributed by atoms with Crippen molar-refractivity contribution in [3.63, 3.8) is 0 Å². The van der Waals surface area contributed by atoms with Gasteiger partial charge in [0.05, 0.1) is 11.5 Å². The van der Waals surface area contributed by atoms with Crippen molar-refractivity contribution in [3.05, 3.63) is 34.4 Å². The standard InChI is InChI=1S/C15H22N2/c1-11-6-12(2)14(13(3)7-11)8-17-10-15(4,5)9-16/h6-7,17H,8,10H2,1-5H3. The van der Waals surface area contributed by atoms with Crippen LogP contribution in [0.4, 0.5) is 0 Å². The molecule has 0 atom stereocenters. The van der Waals surface area contributed by atoms with Crippen molar-refractivity contribution in [1.82, 2.24) is 5.32 Å². The molecule has 0 aromatic heterocycles. The molecule has 0 bridgehead atoms. The summed E-state index contributed by atoms with van der Waals surface area (Å²) in [4.78, 5) is 0. The Hall–Kier alpha value is -1.33. The van der Waals surface area contributed by atoms with Crippen LogP contribution in [0.15, 0.2) is 12.1 Å². The maximum absolute atomic E-state index is 8.95. The van der Waals surface area contributed by atoms with E-state index < -0.39 is 0 Å². The monoisotopic (exact) mass is 230 g/mol. The van der Waals surface area contributed by atoms with Crippen LogP contribution in [0.25, 0.3) is 0 Å². The zero-order valence-electron chi connectivity index (χ0n) is 11.5. The minimum atomic E-state index is -0.299. The van der Waals surface area contributed by atoms with Crippen LogP contribution in [0.1, 0.15) is 36.1 Å². The van der Waals surface area contributed by atoms with Crippen molar-refractivity contribution in [2.75, 3.05) is 6.54 Å². The molecule has 2 heteroatoms. The van der Waals surface area contributed by atoms with Crippen molar-refractivity contribution in [3.8, 4) is 6.07 Å². The molecule has 0 amide bonds. The van der Waals surface area contributed by atoms with Crippen LogP contribution in [-0.2, 0) is 6.54 Å². The first-order valence-electron chi connectivity index (χ1n) is 6.04. The second kappa shape index (κ2) is 5.33. The van der Waals surface area contributed by atoms with Crippen molar-refractivity contribution >= 4 is 0 Å². The fraction of sp³-hybridized carbons (Fsp3) is 0.533. The Morgan fingerprint density at radius 2 is 1.71 bits per heavy atom. The topological polar surface area (TPSA) is 35.8 Å². The summed E-state index contributed by atoms with van der Waals surface area (Å²) in [5.74, 6) is 0. The van der Waals surface area contributed by atoms with E-state index in [1.165, 1.54) is 22.3 Å². The second-order valence-corrected chi connectivity index (χ2v) is 5.48. The molecule has 0 radical (unpaired) electrons. The summed E-state index contributed by atoms with van der Waals surface area (Å²) in [6.07, 6.45) is 0. The van der Waals surface area contributed by atoms with Gasteiger partial charge in [-0.05, 0) is 51.3 Å². The summed E-state index contributed by atoms with van der Waals surface area (Å²) in [5.41, 5.74) is 5.01. The fourth-order valence-electron chi connectivity index (χ4n) is 2.03. The molecule has 0 fully saturated rings. The number of rotatable bonds is 4. The molecule has 1 aromatic carbocycles. The number of aryl methyl sites for hydroxylation is 3. The number of nitrogens with one attached hydrogen (secondary N) is 1. The molecule has 0 aliphatic heterocycles. The van der Waals surface area contributed by atoms with Gasteiger partial charge in [-0.1, -0.05) is 17.7 Å². The minimum absolute atomic E-state index is 0.299. The highest BCUT2D eigenvalue weighted by atomic mass is 14.9. The lowest BCUT2D eigenvalue weighted by Gasteiger charge is -2.18. The molecular formula is C15H22N2. The van der Waals surface area contributed by atoms with Gasteiger partial charge in [0.15, 0.2) is 0 Å². The van der Waals surface area contributed by atoms with Crippen LogP contribution >= 0.6 is 0 Å². The fourth-order valence-corrected chi connectivity index (χ4v) is 2.03. The Balaban J connectivity index is 2.68. The Morgan fingerprint density at radius 1 is 1.18 bits per heavy atom. The highest BCUT2D eigenvalue weighted by molar-refractivity contribution is 5.37. The number of hydrogen-bond acceptors (Lipinski definition) is 2. The zero-order valence-corrected chi connectivity index (χ0v) is 11.5. The molecular weight excluding hydrogens is 208 g/mol. The van der Waals surface area contributed by atoms with E-state index in [-0.39, 0.29) is 5.41 Å². The molecule has 1 N–H and O–H groups in total. The minimum Gasteiger partial charge on any atom is -0.311 e. The third kappa shape index (κ3) is 3.87. The van der Waals surface area contributed by atoms with Gasteiger partial charge in [-0.3, -0.25) is 0 Å². The zero-order chi connectivity index (χ0) is 13.1.